The van der Waals surface area contributed by atoms with Gasteiger partial charge in [0.15, 0.2) is 0 Å². The first kappa shape index (κ1) is 9.04. The van der Waals surface area contributed by atoms with Crippen LogP contribution in [-0.4, -0.2) is 12.3 Å². The monoisotopic (exact) mass is 245 g/mol. The highest BCUT2D eigenvalue weighted by Gasteiger charge is 1.84. The normalized spacial score (nSPS) is 9.75. The average molecular weight is 245 g/mol. The lowest BCUT2D eigenvalue weighted by molar-refractivity contribution is 0.733. The second-order valence-corrected chi connectivity index (χ2v) is 4.16. The molecule has 3 heteroatoms. The van der Waals surface area contributed by atoms with E-state index in [1.165, 1.54) is 25.0 Å². The van der Waals surface area contributed by atoms with Crippen LogP contribution in [0.5, 0.6) is 0 Å². The van der Waals surface area contributed by atoms with Gasteiger partial charge in [-0.15, -0.1) is 0 Å². The second kappa shape index (κ2) is 8.04. The molecule has 0 aliphatic carbocycles. The first-order valence-electron chi connectivity index (χ1n) is 2.85. The zero-order valence-corrected chi connectivity index (χ0v) is 7.87. The number of nitrogens with two attached hydrogens (primary N) is 1. The number of halogens is 1. The predicted octanol–water partition coefficient (Wildman–Crippen LogP) is 2.20. The fraction of sp³-hybridized carbons (Fsp3) is 1.00. The van der Waals surface area contributed by atoms with Gasteiger partial charge in [-0.25, -0.2) is 0 Å². The van der Waals surface area contributed by atoms with Crippen LogP contribution in [0.2, 0.25) is 0 Å². The van der Waals surface area contributed by atoms with E-state index < -0.39 is 0 Å². The van der Waals surface area contributed by atoms with Gasteiger partial charge in [0.05, 0.1) is 0 Å². The zero-order chi connectivity index (χ0) is 6.24. The Bertz CT molecular complexity index is 37.4. The predicted molar refractivity (Wildman–Crippen MR) is 49.4 cm³/mol. The van der Waals surface area contributed by atoms with Crippen molar-refractivity contribution < 1.29 is 0 Å². The molecule has 0 saturated carbocycles. The van der Waals surface area contributed by atoms with Crippen molar-refractivity contribution in [3.8, 4) is 0 Å². The van der Waals surface area contributed by atoms with Gasteiger partial charge in [-0.2, -0.15) is 0 Å². The summed E-state index contributed by atoms with van der Waals surface area (Å²) in [5, 5.41) is 0. The smallest absolute Gasteiger partial charge is 0.00334 e. The average Bonchev–Trinajstić information content (AvgIpc) is 1.81. The van der Waals surface area contributed by atoms with Crippen LogP contribution in [0.25, 0.3) is 0 Å². The Morgan fingerprint density at radius 1 is 1.25 bits per heavy atom. The third kappa shape index (κ3) is 7.04. The summed E-state index contributed by atoms with van der Waals surface area (Å²) in [6.45, 7) is 0.853. The van der Waals surface area contributed by atoms with Gasteiger partial charge in [0.25, 0.3) is 0 Å². The molecule has 0 aromatic heterocycles. The van der Waals surface area contributed by atoms with E-state index >= 15 is 0 Å². The SMILES string of the molecule is NCCCCCSI. The van der Waals surface area contributed by atoms with Crippen LogP contribution < -0.4 is 5.73 Å². The van der Waals surface area contributed by atoms with Crippen LogP contribution >= 0.6 is 30.1 Å². The molecule has 0 heterocycles. The standard InChI is InChI=1S/C5H12INS/c6-8-5-3-1-2-4-7/h1-5,7H2. The quantitative estimate of drug-likeness (QED) is 0.593. The molecule has 50 valence electrons. The van der Waals surface area contributed by atoms with Gasteiger partial charge in [0.1, 0.15) is 0 Å². The van der Waals surface area contributed by atoms with Gasteiger partial charge in [-0.05, 0) is 40.6 Å². The molecule has 0 unspecified atom stereocenters. The second-order valence-electron chi connectivity index (χ2n) is 1.66. The van der Waals surface area contributed by atoms with Crippen molar-refractivity contribution in [2.75, 3.05) is 12.3 Å². The molecule has 0 rings (SSSR count). The minimum absolute atomic E-state index is 0.853. The van der Waals surface area contributed by atoms with Crippen molar-refractivity contribution in [1.29, 1.82) is 0 Å². The van der Waals surface area contributed by atoms with E-state index in [1.54, 1.807) is 0 Å². The Kier molecular flexibility index (Phi) is 9.09. The molecular formula is C5H12INS. The lowest BCUT2D eigenvalue weighted by atomic mass is 10.2. The Balaban J connectivity index is 2.53. The molecule has 8 heavy (non-hydrogen) atoms. The summed E-state index contributed by atoms with van der Waals surface area (Å²) >= 11 is 2.32. The van der Waals surface area contributed by atoms with E-state index in [9.17, 15) is 0 Å². The fourth-order valence-corrected chi connectivity index (χ4v) is 1.73. The molecule has 0 aliphatic rings. The van der Waals surface area contributed by atoms with Crippen LogP contribution in [0.3, 0.4) is 0 Å². The molecule has 0 spiro atoms. The highest BCUT2D eigenvalue weighted by atomic mass is 127. The molecule has 0 aliphatic heterocycles. The minimum Gasteiger partial charge on any atom is -0.330 e. The van der Waals surface area contributed by atoms with Gasteiger partial charge in [-0.3, -0.25) is 0 Å². The number of rotatable bonds is 5. The molecule has 0 fully saturated rings. The molecule has 0 saturated heterocycles. The van der Waals surface area contributed by atoms with E-state index in [4.69, 9.17) is 5.73 Å². The van der Waals surface area contributed by atoms with Gasteiger partial charge >= 0.3 is 0 Å². The largest absolute Gasteiger partial charge is 0.330 e. The van der Waals surface area contributed by atoms with Gasteiger partial charge < -0.3 is 5.73 Å². The van der Waals surface area contributed by atoms with Gasteiger partial charge in [0, 0.05) is 5.75 Å². The van der Waals surface area contributed by atoms with Crippen LogP contribution in [0.15, 0.2) is 0 Å². The maximum Gasteiger partial charge on any atom is 0.00334 e. The van der Waals surface area contributed by atoms with Crippen molar-refractivity contribution in [3.05, 3.63) is 0 Å². The Morgan fingerprint density at radius 3 is 2.50 bits per heavy atom. The van der Waals surface area contributed by atoms with E-state index in [1.807, 2.05) is 8.93 Å². The summed E-state index contributed by atoms with van der Waals surface area (Å²) < 4.78 is 0. The maximum absolute atomic E-state index is 5.30. The van der Waals surface area contributed by atoms with Crippen LogP contribution in [-0.2, 0) is 0 Å². The van der Waals surface area contributed by atoms with Crippen LogP contribution in [0.4, 0.5) is 0 Å². The highest BCUT2D eigenvalue weighted by molar-refractivity contribution is 14.2. The Labute approximate surface area is 67.4 Å². The molecule has 0 aromatic carbocycles. The summed E-state index contributed by atoms with van der Waals surface area (Å²) in [4.78, 5) is 0. The number of hydrogen-bond donors (Lipinski definition) is 1. The van der Waals surface area contributed by atoms with E-state index in [0.29, 0.717) is 0 Å². The summed E-state index contributed by atoms with van der Waals surface area (Å²) in [6.07, 6.45) is 3.81. The zero-order valence-electron chi connectivity index (χ0n) is 4.90. The van der Waals surface area contributed by atoms with E-state index in [-0.39, 0.29) is 0 Å². The van der Waals surface area contributed by atoms with E-state index in [2.05, 4.69) is 21.2 Å². The number of unbranched alkanes of at least 4 members (excludes halogenated alkanes) is 2. The summed E-state index contributed by atoms with van der Waals surface area (Å²) in [7, 11) is 1.88. The minimum atomic E-state index is 0.853. The van der Waals surface area contributed by atoms with Crippen molar-refractivity contribution in [2.24, 2.45) is 5.73 Å². The van der Waals surface area contributed by atoms with Crippen molar-refractivity contribution in [2.45, 2.75) is 19.3 Å². The van der Waals surface area contributed by atoms with Crippen molar-refractivity contribution >= 4 is 30.1 Å². The molecular weight excluding hydrogens is 233 g/mol. The van der Waals surface area contributed by atoms with Crippen molar-refractivity contribution in [3.63, 3.8) is 0 Å². The van der Waals surface area contributed by atoms with Crippen LogP contribution in [0, 0.1) is 0 Å². The Morgan fingerprint density at radius 2 is 2.00 bits per heavy atom. The lowest BCUT2D eigenvalue weighted by Crippen LogP contribution is -1.97. The molecule has 0 atom stereocenters. The molecule has 0 bridgehead atoms. The first-order chi connectivity index (χ1) is 3.91. The summed E-state index contributed by atoms with van der Waals surface area (Å²) in [5.74, 6) is 1.28. The molecule has 1 nitrogen and oxygen atoms in total. The molecule has 0 amide bonds. The van der Waals surface area contributed by atoms with Gasteiger partial charge in [-0.1, -0.05) is 15.4 Å². The van der Waals surface area contributed by atoms with Gasteiger partial charge in [0.2, 0.25) is 0 Å². The third-order valence-corrected chi connectivity index (χ3v) is 2.69. The van der Waals surface area contributed by atoms with Crippen molar-refractivity contribution in [1.82, 2.24) is 0 Å². The lowest BCUT2D eigenvalue weighted by Gasteiger charge is -1.92. The number of hydrogen-bond acceptors (Lipinski definition) is 2. The first-order valence-corrected chi connectivity index (χ1v) is 6.38. The molecule has 2 N–H and O–H groups in total. The maximum atomic E-state index is 5.30. The fourth-order valence-electron chi connectivity index (χ4n) is 0.478. The topological polar surface area (TPSA) is 26.0 Å². The summed E-state index contributed by atoms with van der Waals surface area (Å²) in [5.41, 5.74) is 5.30. The molecule has 0 radical (unpaired) electrons. The molecule has 0 aromatic rings. The van der Waals surface area contributed by atoms with Crippen LogP contribution in [0.1, 0.15) is 19.3 Å². The highest BCUT2D eigenvalue weighted by Crippen LogP contribution is 2.13. The van der Waals surface area contributed by atoms with E-state index in [0.717, 1.165) is 6.54 Å². The Hall–Kier alpha value is 1.04. The summed E-state index contributed by atoms with van der Waals surface area (Å²) in [6, 6.07) is 0. The third-order valence-electron chi connectivity index (χ3n) is 0.926.